The van der Waals surface area contributed by atoms with Crippen molar-refractivity contribution in [3.05, 3.63) is 107 Å². The van der Waals surface area contributed by atoms with E-state index in [0.717, 1.165) is 0 Å². The second-order valence-electron chi connectivity index (χ2n) is 8.27. The molecule has 37 heavy (non-hydrogen) atoms. The van der Waals surface area contributed by atoms with Gasteiger partial charge in [-0.05, 0) is 73.2 Å². The zero-order valence-corrected chi connectivity index (χ0v) is 20.9. The number of aromatic nitrogens is 1. The van der Waals surface area contributed by atoms with E-state index in [2.05, 4.69) is 15.6 Å². The smallest absolute Gasteiger partial charge is 0.251 e. The minimum absolute atomic E-state index is 0.0673. The van der Waals surface area contributed by atoms with E-state index in [9.17, 15) is 22.4 Å². The van der Waals surface area contributed by atoms with Gasteiger partial charge < -0.3 is 15.1 Å². The Balaban J connectivity index is 1.44. The molecule has 0 unspecified atom stereocenters. The van der Waals surface area contributed by atoms with Crippen LogP contribution in [0.2, 0.25) is 0 Å². The van der Waals surface area contributed by atoms with Gasteiger partial charge in [0.05, 0.1) is 10.6 Å². The molecule has 190 valence electrons. The normalized spacial score (nSPS) is 11.2. The summed E-state index contributed by atoms with van der Waals surface area (Å²) in [6.07, 6.45) is 0. The average Bonchev–Trinajstić information content (AvgIpc) is 3.26. The molecule has 0 aliphatic rings. The van der Waals surface area contributed by atoms with Gasteiger partial charge in [0.25, 0.3) is 11.8 Å². The molecule has 8 nitrogen and oxygen atoms in total. The van der Waals surface area contributed by atoms with Crippen molar-refractivity contribution in [1.82, 2.24) is 15.6 Å². The molecule has 0 bridgehead atoms. The number of rotatable bonds is 8. The van der Waals surface area contributed by atoms with E-state index >= 15 is 0 Å². The van der Waals surface area contributed by atoms with Crippen molar-refractivity contribution >= 4 is 21.7 Å². The monoisotopic (exact) mass is 521 g/mol. The molecule has 3 aromatic carbocycles. The van der Waals surface area contributed by atoms with Crippen molar-refractivity contribution in [2.45, 2.75) is 24.1 Å². The summed E-state index contributed by atoms with van der Waals surface area (Å²) in [6.45, 7) is 1.81. The highest BCUT2D eigenvalue weighted by atomic mass is 32.2. The van der Waals surface area contributed by atoms with Gasteiger partial charge in [-0.2, -0.15) is 0 Å². The van der Waals surface area contributed by atoms with Crippen LogP contribution in [0.1, 0.15) is 37.7 Å². The summed E-state index contributed by atoms with van der Waals surface area (Å²) in [5, 5.41) is 5.22. The van der Waals surface area contributed by atoms with Crippen LogP contribution < -0.4 is 10.6 Å². The molecule has 0 atom stereocenters. The van der Waals surface area contributed by atoms with Crippen molar-refractivity contribution in [3.63, 3.8) is 0 Å². The molecular formula is C27H24FN3O5S. The number of nitrogens with one attached hydrogen (secondary N) is 2. The SMILES string of the molecule is CNC(=O)c1ccc(S(=O)(=O)Cc2nc(-c3ccc(C(=O)NCc4cccc(F)c4)cc3)oc2C)cc1. The molecule has 4 rings (SSSR count). The number of benzene rings is 3. The lowest BCUT2D eigenvalue weighted by Gasteiger charge is -2.06. The number of carbonyl (C=O) groups excluding carboxylic acids is 2. The Kier molecular flexibility index (Phi) is 7.49. The molecule has 0 fully saturated rings. The fourth-order valence-corrected chi connectivity index (χ4v) is 4.95. The summed E-state index contributed by atoms with van der Waals surface area (Å²) < 4.78 is 44.8. The van der Waals surface area contributed by atoms with Crippen molar-refractivity contribution in [2.24, 2.45) is 0 Å². The lowest BCUT2D eigenvalue weighted by atomic mass is 10.1. The van der Waals surface area contributed by atoms with E-state index in [1.807, 2.05) is 0 Å². The van der Waals surface area contributed by atoms with Crippen LogP contribution in [0.5, 0.6) is 0 Å². The van der Waals surface area contributed by atoms with Gasteiger partial charge in [-0.1, -0.05) is 12.1 Å². The molecule has 0 saturated carbocycles. The molecule has 1 heterocycles. The summed E-state index contributed by atoms with van der Waals surface area (Å²) >= 11 is 0. The molecule has 2 N–H and O–H groups in total. The number of oxazole rings is 1. The largest absolute Gasteiger partial charge is 0.441 e. The number of hydrogen-bond donors (Lipinski definition) is 2. The second-order valence-corrected chi connectivity index (χ2v) is 10.3. The number of amides is 2. The quantitative estimate of drug-likeness (QED) is 0.361. The van der Waals surface area contributed by atoms with Crippen molar-refractivity contribution in [2.75, 3.05) is 7.05 Å². The van der Waals surface area contributed by atoms with Gasteiger partial charge in [0.15, 0.2) is 9.84 Å². The van der Waals surface area contributed by atoms with Gasteiger partial charge in [-0.3, -0.25) is 9.59 Å². The fourth-order valence-electron chi connectivity index (χ4n) is 3.60. The zero-order chi connectivity index (χ0) is 26.6. The first kappa shape index (κ1) is 25.8. The minimum atomic E-state index is -3.73. The van der Waals surface area contributed by atoms with Gasteiger partial charge >= 0.3 is 0 Å². The average molecular weight is 522 g/mol. The summed E-state index contributed by atoms with van der Waals surface area (Å²) in [7, 11) is -2.24. The van der Waals surface area contributed by atoms with Crippen LogP contribution in [-0.4, -0.2) is 32.3 Å². The number of carbonyl (C=O) groups is 2. The molecule has 4 aromatic rings. The molecule has 1 aromatic heterocycles. The van der Waals surface area contributed by atoms with Crippen LogP contribution in [-0.2, 0) is 22.1 Å². The predicted octanol–water partition coefficient (Wildman–Crippen LogP) is 4.05. The maximum atomic E-state index is 13.3. The molecule has 0 radical (unpaired) electrons. The molecular weight excluding hydrogens is 497 g/mol. The first-order valence-electron chi connectivity index (χ1n) is 11.3. The fraction of sp³-hybridized carbons (Fsp3) is 0.148. The highest BCUT2D eigenvalue weighted by Gasteiger charge is 2.21. The standard InChI is InChI=1S/C27H24FN3O5S/c1-17-24(16-37(34,35)23-12-10-19(11-13-23)25(32)29-2)31-27(36-17)21-8-6-20(7-9-21)26(33)30-15-18-4-3-5-22(28)14-18/h3-14H,15-16H2,1-2H3,(H,29,32)(H,30,33). The second kappa shape index (κ2) is 10.8. The van der Waals surface area contributed by atoms with E-state index in [1.54, 1.807) is 43.3 Å². The Morgan fingerprint density at radius 1 is 0.946 bits per heavy atom. The maximum absolute atomic E-state index is 13.3. The highest BCUT2D eigenvalue weighted by molar-refractivity contribution is 7.90. The van der Waals surface area contributed by atoms with E-state index in [0.29, 0.717) is 28.0 Å². The van der Waals surface area contributed by atoms with Gasteiger partial charge in [-0.15, -0.1) is 0 Å². The van der Waals surface area contributed by atoms with Crippen LogP contribution in [0.25, 0.3) is 11.5 Å². The van der Waals surface area contributed by atoms with Crippen molar-refractivity contribution < 1.29 is 26.8 Å². The van der Waals surface area contributed by atoms with Crippen molar-refractivity contribution in [3.8, 4) is 11.5 Å². The molecule has 0 saturated heterocycles. The topological polar surface area (TPSA) is 118 Å². The molecule has 0 spiro atoms. The Hall–Kier alpha value is -4.31. The van der Waals surface area contributed by atoms with Gasteiger partial charge in [-0.25, -0.2) is 17.8 Å². The summed E-state index contributed by atoms with van der Waals surface area (Å²) in [5.41, 5.74) is 2.23. The number of hydrogen-bond acceptors (Lipinski definition) is 6. The Labute approximate surface area is 213 Å². The Bertz CT molecular complexity index is 1550. The molecule has 10 heteroatoms. The van der Waals surface area contributed by atoms with Crippen LogP contribution in [0, 0.1) is 12.7 Å². The third-order valence-electron chi connectivity index (χ3n) is 5.66. The first-order valence-corrected chi connectivity index (χ1v) is 13.0. The minimum Gasteiger partial charge on any atom is -0.441 e. The predicted molar refractivity (Wildman–Crippen MR) is 135 cm³/mol. The summed E-state index contributed by atoms with van der Waals surface area (Å²) in [4.78, 5) is 28.6. The van der Waals surface area contributed by atoms with Gasteiger partial charge in [0, 0.05) is 30.3 Å². The number of sulfone groups is 1. The molecule has 0 aliphatic heterocycles. The van der Waals surface area contributed by atoms with E-state index in [-0.39, 0.29) is 46.4 Å². The van der Waals surface area contributed by atoms with Crippen molar-refractivity contribution in [1.29, 1.82) is 0 Å². The Morgan fingerprint density at radius 2 is 1.59 bits per heavy atom. The van der Waals surface area contributed by atoms with E-state index in [1.165, 1.54) is 43.4 Å². The first-order chi connectivity index (χ1) is 17.7. The summed E-state index contributed by atoms with van der Waals surface area (Å²) in [6, 6.07) is 18.1. The molecule has 0 aliphatic carbocycles. The van der Waals surface area contributed by atoms with E-state index < -0.39 is 9.84 Å². The lowest BCUT2D eigenvalue weighted by molar-refractivity contribution is 0.0947. The van der Waals surface area contributed by atoms with Crippen LogP contribution in [0.15, 0.2) is 82.1 Å². The number of aryl methyl sites for hydroxylation is 1. The number of halogens is 1. The molecule has 2 amide bonds. The lowest BCUT2D eigenvalue weighted by Crippen LogP contribution is -2.22. The maximum Gasteiger partial charge on any atom is 0.251 e. The third kappa shape index (κ3) is 6.10. The van der Waals surface area contributed by atoms with Crippen LogP contribution in [0.4, 0.5) is 4.39 Å². The number of nitrogens with zero attached hydrogens (tertiary/aromatic N) is 1. The highest BCUT2D eigenvalue weighted by Crippen LogP contribution is 2.25. The van der Waals surface area contributed by atoms with Crippen LogP contribution in [0.3, 0.4) is 0 Å². The zero-order valence-electron chi connectivity index (χ0n) is 20.1. The van der Waals surface area contributed by atoms with E-state index in [4.69, 9.17) is 4.42 Å². The van der Waals surface area contributed by atoms with Crippen LogP contribution >= 0.6 is 0 Å². The van der Waals surface area contributed by atoms with Gasteiger partial charge in [0.1, 0.15) is 17.3 Å². The third-order valence-corrected chi connectivity index (χ3v) is 7.30. The summed E-state index contributed by atoms with van der Waals surface area (Å²) in [5.74, 6) is -0.794. The Morgan fingerprint density at radius 3 is 2.24 bits per heavy atom. The van der Waals surface area contributed by atoms with Gasteiger partial charge in [0.2, 0.25) is 5.89 Å².